The number of carbonyl (C=O) groups is 2. The maximum atomic E-state index is 13.1. The maximum absolute atomic E-state index is 13.1. The minimum absolute atomic E-state index is 0.108. The lowest BCUT2D eigenvalue weighted by molar-refractivity contribution is -0.136. The minimum Gasteiger partial charge on any atom is -0.368 e. The van der Waals surface area contributed by atoms with Crippen LogP contribution in [0.25, 0.3) is 0 Å². The van der Waals surface area contributed by atoms with E-state index in [2.05, 4.69) is 11.0 Å². The number of rotatable bonds is 5. The summed E-state index contributed by atoms with van der Waals surface area (Å²) in [6.07, 6.45) is 8.46. The van der Waals surface area contributed by atoms with Crippen LogP contribution in [-0.4, -0.2) is 60.9 Å². The van der Waals surface area contributed by atoms with Crippen LogP contribution >= 0.6 is 0 Å². The number of piperazine rings is 1. The van der Waals surface area contributed by atoms with Crippen molar-refractivity contribution in [2.24, 2.45) is 5.92 Å². The summed E-state index contributed by atoms with van der Waals surface area (Å²) < 4.78 is 13.1. The number of likely N-dealkylation sites (tertiary alicyclic amines) is 1. The molecular formula is C23H30FN3O2. The van der Waals surface area contributed by atoms with Gasteiger partial charge in [-0.15, -0.1) is 0 Å². The summed E-state index contributed by atoms with van der Waals surface area (Å²) in [5, 5.41) is 0. The smallest absolute Gasteiger partial charge is 0.228 e. The van der Waals surface area contributed by atoms with Gasteiger partial charge in [-0.05, 0) is 56.4 Å². The zero-order chi connectivity index (χ0) is 20.2. The summed E-state index contributed by atoms with van der Waals surface area (Å²) in [5.74, 6) is -0.223. The molecule has 1 aliphatic carbocycles. The van der Waals surface area contributed by atoms with Gasteiger partial charge in [0.25, 0.3) is 0 Å². The quantitative estimate of drug-likeness (QED) is 0.714. The third-order valence-corrected chi connectivity index (χ3v) is 6.43. The first kappa shape index (κ1) is 19.9. The second-order valence-corrected chi connectivity index (χ2v) is 8.39. The first-order valence-electron chi connectivity index (χ1n) is 10.8. The molecule has 2 fully saturated rings. The molecule has 1 aromatic rings. The van der Waals surface area contributed by atoms with Gasteiger partial charge in [0.05, 0.1) is 5.92 Å². The highest BCUT2D eigenvalue weighted by atomic mass is 19.1. The molecule has 2 saturated heterocycles. The van der Waals surface area contributed by atoms with Crippen molar-refractivity contribution in [1.29, 1.82) is 0 Å². The zero-order valence-corrected chi connectivity index (χ0v) is 17.0. The van der Waals surface area contributed by atoms with Gasteiger partial charge in [-0.3, -0.25) is 9.59 Å². The van der Waals surface area contributed by atoms with Crippen molar-refractivity contribution in [1.82, 2.24) is 9.80 Å². The highest BCUT2D eigenvalue weighted by Crippen LogP contribution is 2.25. The fourth-order valence-electron chi connectivity index (χ4n) is 4.66. The van der Waals surface area contributed by atoms with Crippen molar-refractivity contribution >= 4 is 17.5 Å². The van der Waals surface area contributed by atoms with E-state index in [1.807, 2.05) is 9.80 Å². The molecule has 0 spiro atoms. The van der Waals surface area contributed by atoms with Crippen LogP contribution in [0, 0.1) is 11.7 Å². The van der Waals surface area contributed by atoms with Gasteiger partial charge in [0, 0.05) is 51.4 Å². The van der Waals surface area contributed by atoms with Gasteiger partial charge in [-0.1, -0.05) is 11.6 Å². The number of hydrogen-bond donors (Lipinski definition) is 0. The largest absolute Gasteiger partial charge is 0.368 e. The molecule has 3 aliphatic rings. The average Bonchev–Trinajstić information content (AvgIpc) is 3.14. The van der Waals surface area contributed by atoms with Gasteiger partial charge in [-0.25, -0.2) is 4.39 Å². The maximum Gasteiger partial charge on any atom is 0.228 e. The Labute approximate surface area is 172 Å². The molecule has 6 heteroatoms. The fourth-order valence-corrected chi connectivity index (χ4v) is 4.66. The molecule has 0 N–H and O–H groups in total. The van der Waals surface area contributed by atoms with Gasteiger partial charge in [0.2, 0.25) is 11.8 Å². The van der Waals surface area contributed by atoms with Crippen LogP contribution in [0.4, 0.5) is 10.1 Å². The van der Waals surface area contributed by atoms with Crippen molar-refractivity contribution < 1.29 is 14.0 Å². The van der Waals surface area contributed by atoms with Gasteiger partial charge >= 0.3 is 0 Å². The average molecular weight is 400 g/mol. The lowest BCUT2D eigenvalue weighted by atomic mass is 9.97. The number of carbonyl (C=O) groups excluding carboxylic acids is 2. The SMILES string of the molecule is O=C1CC(C(=O)N2CCN(c3ccc(F)cc3)CC2)CN1CCC1=CCCCC1. The predicted molar refractivity (Wildman–Crippen MR) is 111 cm³/mol. The standard InChI is InChI=1S/C23H30FN3O2/c24-20-6-8-21(9-7-20)25-12-14-26(15-13-25)23(29)19-16-22(28)27(17-19)11-10-18-4-2-1-3-5-18/h4,6-9,19H,1-3,5,10-17H2. The summed E-state index contributed by atoms with van der Waals surface area (Å²) in [5.41, 5.74) is 2.45. The second-order valence-electron chi connectivity index (χ2n) is 8.39. The van der Waals surface area contributed by atoms with Crippen molar-refractivity contribution in [3.8, 4) is 0 Å². The zero-order valence-electron chi connectivity index (χ0n) is 17.0. The van der Waals surface area contributed by atoms with Crippen LogP contribution in [0.15, 0.2) is 35.9 Å². The minimum atomic E-state index is -0.238. The molecule has 5 nitrogen and oxygen atoms in total. The first-order chi connectivity index (χ1) is 14.1. The Balaban J connectivity index is 1.26. The van der Waals surface area contributed by atoms with Gasteiger partial charge in [0.15, 0.2) is 0 Å². The van der Waals surface area contributed by atoms with Crippen LogP contribution in [0.1, 0.15) is 38.5 Å². The summed E-state index contributed by atoms with van der Waals surface area (Å²) in [6.45, 7) is 4.06. The van der Waals surface area contributed by atoms with Gasteiger partial charge < -0.3 is 14.7 Å². The summed E-state index contributed by atoms with van der Waals surface area (Å²) >= 11 is 0. The lowest BCUT2D eigenvalue weighted by Gasteiger charge is -2.37. The van der Waals surface area contributed by atoms with Gasteiger partial charge in [-0.2, -0.15) is 0 Å². The molecule has 1 unspecified atom stereocenters. The van der Waals surface area contributed by atoms with Gasteiger partial charge in [0.1, 0.15) is 5.82 Å². The molecule has 2 amide bonds. The Morgan fingerprint density at radius 1 is 1.07 bits per heavy atom. The van der Waals surface area contributed by atoms with Crippen molar-refractivity contribution in [2.45, 2.75) is 38.5 Å². The molecule has 2 heterocycles. The first-order valence-corrected chi connectivity index (χ1v) is 10.8. The van der Waals surface area contributed by atoms with Crippen LogP contribution in [0.2, 0.25) is 0 Å². The molecule has 4 rings (SSSR count). The molecule has 0 radical (unpaired) electrons. The van der Waals surface area contributed by atoms with E-state index in [1.165, 1.54) is 30.5 Å². The lowest BCUT2D eigenvalue weighted by Crippen LogP contribution is -2.50. The fraction of sp³-hybridized carbons (Fsp3) is 0.565. The van der Waals surface area contributed by atoms with Crippen LogP contribution in [0.3, 0.4) is 0 Å². The molecule has 29 heavy (non-hydrogen) atoms. The summed E-state index contributed by atoms with van der Waals surface area (Å²) in [4.78, 5) is 31.3. The highest BCUT2D eigenvalue weighted by Gasteiger charge is 2.37. The Morgan fingerprint density at radius 2 is 1.83 bits per heavy atom. The predicted octanol–water partition coefficient (Wildman–Crippen LogP) is 3.21. The number of anilines is 1. The van der Waals surface area contributed by atoms with E-state index in [4.69, 9.17) is 0 Å². The van der Waals surface area contributed by atoms with Crippen LogP contribution in [0.5, 0.6) is 0 Å². The van der Waals surface area contributed by atoms with Crippen molar-refractivity contribution in [3.05, 3.63) is 41.7 Å². The number of allylic oxidation sites excluding steroid dienone is 1. The summed E-state index contributed by atoms with van der Waals surface area (Å²) in [6, 6.07) is 6.49. The molecule has 1 atom stereocenters. The topological polar surface area (TPSA) is 43.9 Å². The Morgan fingerprint density at radius 3 is 2.52 bits per heavy atom. The Kier molecular flexibility index (Phi) is 6.16. The third kappa shape index (κ3) is 4.80. The molecular weight excluding hydrogens is 369 g/mol. The number of benzene rings is 1. The number of amides is 2. The number of nitrogens with zero attached hydrogens (tertiary/aromatic N) is 3. The third-order valence-electron chi connectivity index (χ3n) is 6.43. The molecule has 156 valence electrons. The molecule has 0 bridgehead atoms. The monoisotopic (exact) mass is 399 g/mol. The van der Waals surface area contributed by atoms with E-state index in [0.717, 1.165) is 44.6 Å². The number of hydrogen-bond acceptors (Lipinski definition) is 3. The van der Waals surface area contributed by atoms with E-state index in [1.54, 1.807) is 12.1 Å². The summed E-state index contributed by atoms with van der Waals surface area (Å²) in [7, 11) is 0. The number of halogens is 1. The molecule has 0 aromatic heterocycles. The molecule has 1 aromatic carbocycles. The van der Waals surface area contributed by atoms with E-state index in [0.29, 0.717) is 26.1 Å². The second kappa shape index (κ2) is 8.97. The molecule has 0 saturated carbocycles. The normalized spacial score (nSPS) is 22.8. The van der Waals surface area contributed by atoms with E-state index < -0.39 is 0 Å². The van der Waals surface area contributed by atoms with E-state index in [9.17, 15) is 14.0 Å². The van der Waals surface area contributed by atoms with Crippen molar-refractivity contribution in [2.75, 3.05) is 44.2 Å². The van der Waals surface area contributed by atoms with Crippen LogP contribution < -0.4 is 4.90 Å². The molecule has 2 aliphatic heterocycles. The van der Waals surface area contributed by atoms with E-state index >= 15 is 0 Å². The highest BCUT2D eigenvalue weighted by molar-refractivity contribution is 5.89. The van der Waals surface area contributed by atoms with E-state index in [-0.39, 0.29) is 23.5 Å². The van der Waals surface area contributed by atoms with Crippen molar-refractivity contribution in [3.63, 3.8) is 0 Å². The Bertz CT molecular complexity index is 769. The van der Waals surface area contributed by atoms with Crippen LogP contribution in [-0.2, 0) is 9.59 Å². The Hall–Kier alpha value is -2.37.